The first-order valence-corrected chi connectivity index (χ1v) is 7.94. The highest BCUT2D eigenvalue weighted by Gasteiger charge is 2.18. The maximum atomic E-state index is 5.47. The molecule has 3 nitrogen and oxygen atoms in total. The predicted octanol–water partition coefficient (Wildman–Crippen LogP) is 4.05. The lowest BCUT2D eigenvalue weighted by atomic mass is 9.83. The molecule has 0 atom stereocenters. The molecule has 0 bridgehead atoms. The fourth-order valence-corrected chi connectivity index (χ4v) is 2.39. The van der Waals surface area contributed by atoms with Gasteiger partial charge in [0, 0.05) is 6.07 Å². The lowest BCUT2D eigenvalue weighted by Crippen LogP contribution is -2.23. The third-order valence-electron chi connectivity index (χ3n) is 3.97. The van der Waals surface area contributed by atoms with Crippen molar-refractivity contribution in [2.75, 3.05) is 27.3 Å². The van der Waals surface area contributed by atoms with Crippen LogP contribution in [0, 0.1) is 5.41 Å². The molecule has 0 saturated heterocycles. The van der Waals surface area contributed by atoms with Crippen LogP contribution in [0.2, 0.25) is 0 Å². The van der Waals surface area contributed by atoms with E-state index in [0.29, 0.717) is 5.41 Å². The summed E-state index contributed by atoms with van der Waals surface area (Å²) >= 11 is 0. The number of rotatable bonds is 10. The molecule has 0 aliphatic heterocycles. The molecular formula is C18H31NO2. The predicted molar refractivity (Wildman–Crippen MR) is 89.4 cm³/mol. The maximum absolute atomic E-state index is 5.47. The average molecular weight is 293 g/mol. The van der Waals surface area contributed by atoms with Gasteiger partial charge in [0.1, 0.15) is 11.5 Å². The summed E-state index contributed by atoms with van der Waals surface area (Å²) in [4.78, 5) is 0. The van der Waals surface area contributed by atoms with Gasteiger partial charge < -0.3 is 14.8 Å². The van der Waals surface area contributed by atoms with Crippen LogP contribution in [0.5, 0.6) is 11.5 Å². The molecule has 0 spiro atoms. The topological polar surface area (TPSA) is 30.5 Å². The van der Waals surface area contributed by atoms with Crippen LogP contribution >= 0.6 is 0 Å². The minimum absolute atomic E-state index is 0.339. The summed E-state index contributed by atoms with van der Waals surface area (Å²) in [6, 6.07) is 6.09. The van der Waals surface area contributed by atoms with Crippen LogP contribution in [-0.2, 0) is 6.42 Å². The van der Waals surface area contributed by atoms with E-state index in [1.54, 1.807) is 14.2 Å². The summed E-state index contributed by atoms with van der Waals surface area (Å²) in [6.07, 6.45) is 4.59. The molecule has 21 heavy (non-hydrogen) atoms. The Balaban J connectivity index is 2.53. The van der Waals surface area contributed by atoms with Gasteiger partial charge >= 0.3 is 0 Å². The van der Waals surface area contributed by atoms with Crippen molar-refractivity contribution in [3.05, 3.63) is 23.8 Å². The van der Waals surface area contributed by atoms with Gasteiger partial charge in [-0.3, -0.25) is 0 Å². The van der Waals surface area contributed by atoms with Crippen molar-refractivity contribution in [2.45, 2.75) is 46.5 Å². The van der Waals surface area contributed by atoms with Gasteiger partial charge in [0.05, 0.1) is 14.2 Å². The zero-order valence-corrected chi connectivity index (χ0v) is 14.3. The Morgan fingerprint density at radius 2 is 1.81 bits per heavy atom. The van der Waals surface area contributed by atoms with Crippen molar-refractivity contribution < 1.29 is 9.47 Å². The first-order chi connectivity index (χ1) is 10.0. The molecule has 0 radical (unpaired) electrons. The van der Waals surface area contributed by atoms with Crippen molar-refractivity contribution >= 4 is 0 Å². The van der Waals surface area contributed by atoms with Gasteiger partial charge in [0.25, 0.3) is 0 Å². The van der Waals surface area contributed by atoms with E-state index in [2.05, 4.69) is 32.2 Å². The highest BCUT2D eigenvalue weighted by molar-refractivity contribution is 5.40. The smallest absolute Gasteiger partial charge is 0.125 e. The monoisotopic (exact) mass is 293 g/mol. The van der Waals surface area contributed by atoms with Crippen LogP contribution in [0.25, 0.3) is 0 Å². The van der Waals surface area contributed by atoms with Crippen LogP contribution in [0.4, 0.5) is 0 Å². The second-order valence-corrected chi connectivity index (χ2v) is 6.34. The van der Waals surface area contributed by atoms with Crippen LogP contribution in [0.1, 0.15) is 45.6 Å². The second kappa shape index (κ2) is 8.93. The van der Waals surface area contributed by atoms with E-state index in [4.69, 9.17) is 9.47 Å². The molecule has 1 rings (SSSR count). The highest BCUT2D eigenvalue weighted by atomic mass is 16.5. The second-order valence-electron chi connectivity index (χ2n) is 6.34. The molecule has 0 aromatic heterocycles. The standard InChI is InChI=1S/C18H31NO2/c1-6-12-19-13-11-18(2,3)10-9-15-7-8-16(20-4)14-17(15)21-5/h7-8,14,19H,6,9-13H2,1-5H3. The fraction of sp³-hybridized carbons (Fsp3) is 0.667. The SMILES string of the molecule is CCCNCCC(C)(C)CCc1ccc(OC)cc1OC. The Labute approximate surface area is 130 Å². The lowest BCUT2D eigenvalue weighted by Gasteiger charge is -2.25. The van der Waals surface area contributed by atoms with Crippen molar-refractivity contribution in [3.63, 3.8) is 0 Å². The Hall–Kier alpha value is -1.22. The molecular weight excluding hydrogens is 262 g/mol. The summed E-state index contributed by atoms with van der Waals surface area (Å²) in [5, 5.41) is 3.49. The Morgan fingerprint density at radius 1 is 1.05 bits per heavy atom. The van der Waals surface area contributed by atoms with Crippen LogP contribution < -0.4 is 14.8 Å². The average Bonchev–Trinajstić information content (AvgIpc) is 2.49. The third kappa shape index (κ3) is 6.38. The van der Waals surface area contributed by atoms with Gasteiger partial charge in [-0.2, -0.15) is 0 Å². The summed E-state index contributed by atoms with van der Waals surface area (Å²) < 4.78 is 10.7. The molecule has 1 aromatic rings. The van der Waals surface area contributed by atoms with Crippen molar-refractivity contribution in [1.29, 1.82) is 0 Å². The van der Waals surface area contributed by atoms with E-state index < -0.39 is 0 Å². The van der Waals surface area contributed by atoms with E-state index in [1.165, 1.54) is 18.4 Å². The van der Waals surface area contributed by atoms with Crippen LogP contribution in [-0.4, -0.2) is 27.3 Å². The van der Waals surface area contributed by atoms with Crippen LogP contribution in [0.3, 0.4) is 0 Å². The summed E-state index contributed by atoms with van der Waals surface area (Å²) in [7, 11) is 3.40. The molecule has 0 unspecified atom stereocenters. The normalized spacial score (nSPS) is 11.5. The van der Waals surface area contributed by atoms with Gasteiger partial charge in [-0.25, -0.2) is 0 Å². The summed E-state index contributed by atoms with van der Waals surface area (Å²) in [5.41, 5.74) is 1.60. The third-order valence-corrected chi connectivity index (χ3v) is 3.97. The van der Waals surface area contributed by atoms with E-state index in [0.717, 1.165) is 37.4 Å². The zero-order chi connectivity index (χ0) is 15.7. The Morgan fingerprint density at radius 3 is 2.43 bits per heavy atom. The first-order valence-electron chi connectivity index (χ1n) is 7.94. The number of hydrogen-bond acceptors (Lipinski definition) is 3. The number of ether oxygens (including phenoxy) is 2. The van der Waals surface area contributed by atoms with Crippen LogP contribution in [0.15, 0.2) is 18.2 Å². The molecule has 0 aliphatic rings. The fourth-order valence-electron chi connectivity index (χ4n) is 2.39. The highest BCUT2D eigenvalue weighted by Crippen LogP contribution is 2.31. The first kappa shape index (κ1) is 17.8. The molecule has 0 fully saturated rings. The molecule has 0 aliphatic carbocycles. The Kier molecular flexibility index (Phi) is 7.58. The van der Waals surface area contributed by atoms with Gasteiger partial charge in [0.15, 0.2) is 0 Å². The van der Waals surface area contributed by atoms with Gasteiger partial charge in [-0.15, -0.1) is 0 Å². The quantitative estimate of drug-likeness (QED) is 0.660. The molecule has 0 saturated carbocycles. The molecule has 0 heterocycles. The van der Waals surface area contributed by atoms with E-state index >= 15 is 0 Å². The molecule has 0 amide bonds. The number of hydrogen-bond donors (Lipinski definition) is 1. The van der Waals surface area contributed by atoms with Crippen molar-refractivity contribution in [1.82, 2.24) is 5.32 Å². The molecule has 120 valence electrons. The zero-order valence-electron chi connectivity index (χ0n) is 14.3. The Bertz CT molecular complexity index is 416. The van der Waals surface area contributed by atoms with Crippen molar-refractivity contribution in [2.24, 2.45) is 5.41 Å². The van der Waals surface area contributed by atoms with Crippen molar-refractivity contribution in [3.8, 4) is 11.5 Å². The molecule has 1 aromatic carbocycles. The minimum atomic E-state index is 0.339. The summed E-state index contributed by atoms with van der Waals surface area (Å²) in [5.74, 6) is 1.77. The van der Waals surface area contributed by atoms with E-state index in [9.17, 15) is 0 Å². The van der Waals surface area contributed by atoms with E-state index in [1.807, 2.05) is 12.1 Å². The maximum Gasteiger partial charge on any atom is 0.125 e. The lowest BCUT2D eigenvalue weighted by molar-refractivity contribution is 0.300. The molecule has 1 N–H and O–H groups in total. The number of methoxy groups -OCH3 is 2. The van der Waals surface area contributed by atoms with Gasteiger partial charge in [-0.1, -0.05) is 26.8 Å². The number of aryl methyl sites for hydroxylation is 1. The number of nitrogens with one attached hydrogen (secondary N) is 1. The largest absolute Gasteiger partial charge is 0.497 e. The molecule has 3 heteroatoms. The van der Waals surface area contributed by atoms with Gasteiger partial charge in [-0.05, 0) is 55.8 Å². The summed E-state index contributed by atoms with van der Waals surface area (Å²) in [6.45, 7) is 9.10. The van der Waals surface area contributed by atoms with Gasteiger partial charge in [0.2, 0.25) is 0 Å². The number of benzene rings is 1. The van der Waals surface area contributed by atoms with E-state index in [-0.39, 0.29) is 0 Å². The minimum Gasteiger partial charge on any atom is -0.497 e.